The maximum atomic E-state index is 15.1. The van der Waals surface area contributed by atoms with Gasteiger partial charge in [0.25, 0.3) is 6.43 Å². The van der Waals surface area contributed by atoms with Crippen LogP contribution in [0.3, 0.4) is 0 Å². The van der Waals surface area contributed by atoms with Crippen molar-refractivity contribution in [3.8, 4) is 17.0 Å². The van der Waals surface area contributed by atoms with Gasteiger partial charge in [-0.1, -0.05) is 0 Å². The molecule has 1 saturated heterocycles. The predicted molar refractivity (Wildman–Crippen MR) is 156 cm³/mol. The molecule has 0 bridgehead atoms. The summed E-state index contributed by atoms with van der Waals surface area (Å²) in [5.41, 5.74) is 6.22. The number of hydrogen-bond donors (Lipinski definition) is 3. The Hall–Kier alpha value is -4.57. The number of nitrogens with one attached hydrogen (secondary N) is 1. The zero-order chi connectivity index (χ0) is 32.5. The Bertz CT molecular complexity index is 1700. The molecule has 4 N–H and O–H groups in total. The van der Waals surface area contributed by atoms with Crippen LogP contribution >= 0.6 is 0 Å². The number of nitrogens with zero attached hydrogens (tertiary/aromatic N) is 6. The van der Waals surface area contributed by atoms with Gasteiger partial charge >= 0.3 is 6.09 Å². The first-order valence-electron chi connectivity index (χ1n) is 14.1. The van der Waals surface area contributed by atoms with E-state index in [2.05, 4.69) is 25.3 Å². The molecule has 0 aliphatic carbocycles. The van der Waals surface area contributed by atoms with E-state index in [9.17, 15) is 23.1 Å². The molecular weight excluding hydrogens is 600 g/mol. The lowest BCUT2D eigenvalue weighted by Gasteiger charge is -2.44. The quantitative estimate of drug-likeness (QED) is 0.230. The molecule has 16 heteroatoms. The number of halogens is 4. The number of nitrogens with two attached hydrogens (primary N) is 1. The topological polar surface area (TPSA) is 154 Å². The maximum Gasteiger partial charge on any atom is 0.413 e. The number of fused-ring (bicyclic) bond motifs is 1. The lowest BCUT2D eigenvalue weighted by atomic mass is 9.84. The zero-order valence-corrected chi connectivity index (χ0v) is 24.7. The minimum atomic E-state index is -3.04. The highest BCUT2D eigenvalue weighted by molar-refractivity contribution is 5.93. The highest BCUT2D eigenvalue weighted by atomic mass is 19.3. The van der Waals surface area contributed by atoms with E-state index in [1.165, 1.54) is 26.0 Å². The van der Waals surface area contributed by atoms with Gasteiger partial charge in [0, 0.05) is 24.7 Å². The number of anilines is 2. The van der Waals surface area contributed by atoms with Crippen molar-refractivity contribution >= 4 is 28.8 Å². The third-order valence-electron chi connectivity index (χ3n) is 7.51. The molecule has 2 atom stereocenters. The van der Waals surface area contributed by atoms with Crippen molar-refractivity contribution in [3.05, 3.63) is 54.2 Å². The zero-order valence-electron chi connectivity index (χ0n) is 24.7. The summed E-state index contributed by atoms with van der Waals surface area (Å²) in [6.07, 6.45) is -1.50. The van der Waals surface area contributed by atoms with Crippen molar-refractivity contribution in [2.45, 2.75) is 57.4 Å². The van der Waals surface area contributed by atoms with Crippen molar-refractivity contribution in [1.29, 1.82) is 0 Å². The maximum absolute atomic E-state index is 15.1. The van der Waals surface area contributed by atoms with E-state index >= 15 is 4.39 Å². The van der Waals surface area contributed by atoms with Crippen molar-refractivity contribution in [1.82, 2.24) is 24.5 Å². The van der Waals surface area contributed by atoms with Crippen LogP contribution in [0.1, 0.15) is 32.3 Å². The van der Waals surface area contributed by atoms with Crippen LogP contribution in [0.2, 0.25) is 0 Å². The molecule has 1 amide bonds. The third-order valence-corrected chi connectivity index (χ3v) is 7.51. The van der Waals surface area contributed by atoms with Gasteiger partial charge in [-0.05, 0) is 44.4 Å². The molecule has 45 heavy (non-hydrogen) atoms. The van der Waals surface area contributed by atoms with Gasteiger partial charge in [0.1, 0.15) is 18.2 Å². The predicted octanol–water partition coefficient (Wildman–Crippen LogP) is 4.10. The fourth-order valence-corrected chi connectivity index (χ4v) is 5.35. The normalized spacial score (nSPS) is 17.6. The molecule has 0 radical (unpaired) electrons. The molecule has 5 rings (SSSR count). The van der Waals surface area contributed by atoms with Gasteiger partial charge in [-0.25, -0.2) is 37.3 Å². The van der Waals surface area contributed by atoms with Gasteiger partial charge in [-0.2, -0.15) is 0 Å². The highest BCUT2D eigenvalue weighted by Crippen LogP contribution is 2.35. The summed E-state index contributed by atoms with van der Waals surface area (Å²) in [7, 11) is 1.22. The van der Waals surface area contributed by atoms with Gasteiger partial charge in [0.15, 0.2) is 28.5 Å². The SMILES string of the molecule is COc1cc(F)c(-c2cc(Cn3cnc4c(NC(=O)OC(C)C)ncnc43)c(N3CCC[C@](N)([C@H](O)C(F)F)C3)cn2)cc1F. The van der Waals surface area contributed by atoms with Gasteiger partial charge in [-0.15, -0.1) is 0 Å². The number of imidazole rings is 1. The largest absolute Gasteiger partial charge is 0.494 e. The summed E-state index contributed by atoms with van der Waals surface area (Å²) in [6.45, 7) is 3.74. The van der Waals surface area contributed by atoms with E-state index < -0.39 is 35.8 Å². The van der Waals surface area contributed by atoms with Crippen LogP contribution in [0.25, 0.3) is 22.4 Å². The lowest BCUT2D eigenvalue weighted by Crippen LogP contribution is -2.63. The van der Waals surface area contributed by atoms with Gasteiger partial charge in [0.05, 0.1) is 49.2 Å². The van der Waals surface area contributed by atoms with Crippen LogP contribution < -0.4 is 20.7 Å². The monoisotopic (exact) mass is 632 g/mol. The van der Waals surface area contributed by atoms with Crippen LogP contribution in [0.15, 0.2) is 37.1 Å². The highest BCUT2D eigenvalue weighted by Gasteiger charge is 2.43. The van der Waals surface area contributed by atoms with E-state index in [0.717, 1.165) is 12.1 Å². The number of hydrogen-bond acceptors (Lipinski definition) is 10. The molecule has 0 spiro atoms. The molecule has 1 aliphatic rings. The molecule has 12 nitrogen and oxygen atoms in total. The molecular formula is C29H32F4N8O4. The van der Waals surface area contributed by atoms with Gasteiger partial charge in [-0.3, -0.25) is 10.3 Å². The number of piperidine rings is 1. The number of amides is 1. The second-order valence-corrected chi connectivity index (χ2v) is 11.0. The minimum Gasteiger partial charge on any atom is -0.494 e. The molecule has 1 fully saturated rings. The standard InChI is InChI=1S/C29H32F4N8O4/c1-15(2)45-28(43)39-26-23-27(37-13-36-26)41(14-38-23)11-16-7-20(17-8-19(31)22(44-3)9-18(17)30)35-10-21(16)40-6-4-5-29(34,12-40)24(42)25(32)33/h7-10,13-15,24-25,42H,4-6,11-12,34H2,1-3H3,(H,36,37,39,43)/t24-,29-/m1/s1. The van der Waals surface area contributed by atoms with Crippen LogP contribution in [-0.2, 0) is 11.3 Å². The Morgan fingerprint density at radius 3 is 2.64 bits per heavy atom. The fraction of sp³-hybridized carbons (Fsp3) is 0.414. The van der Waals surface area contributed by atoms with Crippen LogP contribution in [0.4, 0.5) is 33.9 Å². The Morgan fingerprint density at radius 1 is 1.16 bits per heavy atom. The second kappa shape index (κ2) is 12.8. The number of aromatic nitrogens is 5. The molecule has 240 valence electrons. The summed E-state index contributed by atoms with van der Waals surface area (Å²) in [6, 6.07) is 3.43. The van der Waals surface area contributed by atoms with Gasteiger partial charge in [0.2, 0.25) is 0 Å². The Kier molecular flexibility index (Phi) is 9.06. The Balaban J connectivity index is 1.57. The summed E-state index contributed by atoms with van der Waals surface area (Å²) >= 11 is 0. The van der Waals surface area contributed by atoms with Crippen LogP contribution in [0.5, 0.6) is 5.75 Å². The molecule has 1 aliphatic heterocycles. The number of benzene rings is 1. The Labute approximate surface area is 255 Å². The first kappa shape index (κ1) is 31.8. The number of carbonyl (C=O) groups is 1. The Morgan fingerprint density at radius 2 is 1.93 bits per heavy atom. The molecule has 4 heterocycles. The van der Waals surface area contributed by atoms with Crippen molar-refractivity contribution in [2.24, 2.45) is 5.73 Å². The molecule has 0 saturated carbocycles. The summed E-state index contributed by atoms with van der Waals surface area (Å²) in [5.74, 6) is -1.73. The smallest absolute Gasteiger partial charge is 0.413 e. The second-order valence-electron chi connectivity index (χ2n) is 11.0. The lowest BCUT2D eigenvalue weighted by molar-refractivity contribution is -0.0529. The van der Waals surface area contributed by atoms with E-state index in [0.29, 0.717) is 29.9 Å². The van der Waals surface area contributed by atoms with Crippen LogP contribution in [0, 0.1) is 11.6 Å². The first-order valence-corrected chi connectivity index (χ1v) is 14.1. The number of alkyl halides is 2. The summed E-state index contributed by atoms with van der Waals surface area (Å²) in [4.78, 5) is 31.1. The number of pyridine rings is 1. The fourth-order valence-electron chi connectivity index (χ4n) is 5.35. The summed E-state index contributed by atoms with van der Waals surface area (Å²) in [5, 5.41) is 12.8. The number of rotatable bonds is 9. The van der Waals surface area contributed by atoms with E-state index in [4.69, 9.17) is 15.2 Å². The van der Waals surface area contributed by atoms with E-state index in [1.54, 1.807) is 29.4 Å². The minimum absolute atomic E-state index is 0.0555. The molecule has 3 aromatic heterocycles. The first-order chi connectivity index (χ1) is 21.4. The van der Waals surface area contributed by atoms with E-state index in [1.807, 2.05) is 0 Å². The van der Waals surface area contributed by atoms with Crippen LogP contribution in [-0.4, -0.2) is 80.1 Å². The van der Waals surface area contributed by atoms with E-state index in [-0.39, 0.29) is 54.0 Å². The van der Waals surface area contributed by atoms with Crippen molar-refractivity contribution < 1.29 is 36.9 Å². The average molecular weight is 633 g/mol. The number of ether oxygens (including phenoxy) is 2. The van der Waals surface area contributed by atoms with Crippen molar-refractivity contribution in [3.63, 3.8) is 0 Å². The van der Waals surface area contributed by atoms with Gasteiger partial charge < -0.3 is 29.8 Å². The molecule has 0 unspecified atom stereocenters. The number of aliphatic hydroxyl groups excluding tert-OH is 1. The third kappa shape index (κ3) is 6.61. The number of aliphatic hydroxyl groups is 1. The molecule has 4 aromatic rings. The average Bonchev–Trinajstić information content (AvgIpc) is 3.40. The van der Waals surface area contributed by atoms with Crippen molar-refractivity contribution in [2.75, 3.05) is 30.4 Å². The summed E-state index contributed by atoms with van der Waals surface area (Å²) < 4.78 is 68.3. The number of methoxy groups -OCH3 is 1. The molecule has 1 aromatic carbocycles. The number of carbonyl (C=O) groups excluding carboxylic acids is 1.